The first-order valence-electron chi connectivity index (χ1n) is 21.9. The first-order valence-corrected chi connectivity index (χ1v) is 21.9. The fraction of sp³-hybridized carbons (Fsp3) is 1.00. The minimum absolute atomic E-state index is 0.0242. The Morgan fingerprint density at radius 1 is 0.923 bits per heavy atom. The predicted octanol–water partition coefficient (Wildman–Crippen LogP) is 6.64. The van der Waals surface area contributed by atoms with Crippen LogP contribution >= 0.6 is 0 Å². The molecule has 4 heterocycles. The Balaban J connectivity index is 0.921. The summed E-state index contributed by atoms with van der Waals surface area (Å²) in [4.78, 5) is 5.41. The number of aliphatic hydroxyl groups is 2. The Morgan fingerprint density at radius 3 is 2.37 bits per heavy atom. The standard InChI is InChI=1S/C44H74N2O6/c1-10-49-38(40(5,6)48)30-23-26(2)35-36(51-30)37(47)42(8)32-16-15-31-39(3,4)33(17-18-43(31)25-44(32,43)20-19-41(35,42)7)52-34-24-46(21-22-50-34)29-14-12-27-11-13-28(29)45(27)9/h26-38,47-48H,10-25H2,1-9H3/t26-,27?,28?,29?,30-,31+,32+,33+,34+,35+,36+,37+,38+,41-,42-,43-,44+/m1/s1. The van der Waals surface area contributed by atoms with Gasteiger partial charge in [0.1, 0.15) is 6.10 Å². The molecule has 9 fully saturated rings. The fourth-order valence-corrected chi connectivity index (χ4v) is 16.7. The lowest BCUT2D eigenvalue weighted by Crippen LogP contribution is -2.61. The maximum absolute atomic E-state index is 12.7. The lowest BCUT2D eigenvalue weighted by atomic mass is 9.41. The van der Waals surface area contributed by atoms with Crippen molar-refractivity contribution in [3.8, 4) is 0 Å². The van der Waals surface area contributed by atoms with Crippen molar-refractivity contribution >= 4 is 0 Å². The Kier molecular flexibility index (Phi) is 8.84. The Bertz CT molecular complexity index is 1370. The van der Waals surface area contributed by atoms with Crippen molar-refractivity contribution in [3.63, 3.8) is 0 Å². The first kappa shape index (κ1) is 37.3. The van der Waals surface area contributed by atoms with Crippen LogP contribution in [0.15, 0.2) is 0 Å². The average molecular weight is 727 g/mol. The Hall–Kier alpha value is -0.320. The zero-order chi connectivity index (χ0) is 36.8. The van der Waals surface area contributed by atoms with Gasteiger partial charge in [-0.25, -0.2) is 0 Å². The van der Waals surface area contributed by atoms with Crippen LogP contribution in [0.5, 0.6) is 0 Å². The van der Waals surface area contributed by atoms with E-state index in [4.69, 9.17) is 18.9 Å². The summed E-state index contributed by atoms with van der Waals surface area (Å²) >= 11 is 0. The van der Waals surface area contributed by atoms with E-state index >= 15 is 0 Å². The molecule has 4 aliphatic heterocycles. The summed E-state index contributed by atoms with van der Waals surface area (Å²) in [7, 11) is 2.36. The predicted molar refractivity (Wildman–Crippen MR) is 202 cm³/mol. The van der Waals surface area contributed by atoms with Gasteiger partial charge >= 0.3 is 0 Å². The van der Waals surface area contributed by atoms with Gasteiger partial charge in [-0.05, 0) is 150 Å². The molecule has 5 aliphatic carbocycles. The van der Waals surface area contributed by atoms with Gasteiger partial charge in [-0.1, -0.05) is 34.6 Å². The van der Waals surface area contributed by atoms with Crippen LogP contribution in [-0.2, 0) is 18.9 Å². The third-order valence-electron chi connectivity index (χ3n) is 19.1. The summed E-state index contributed by atoms with van der Waals surface area (Å²) < 4.78 is 26.7. The first-order chi connectivity index (χ1) is 24.5. The van der Waals surface area contributed by atoms with E-state index in [0.29, 0.717) is 53.2 Å². The van der Waals surface area contributed by atoms with Crippen LogP contribution in [0.1, 0.15) is 132 Å². The van der Waals surface area contributed by atoms with Crippen LogP contribution < -0.4 is 0 Å². The molecular weight excluding hydrogens is 652 g/mol. The summed E-state index contributed by atoms with van der Waals surface area (Å²) in [5, 5.41) is 23.8. The van der Waals surface area contributed by atoms with E-state index in [1.165, 1.54) is 64.2 Å². The number of rotatable bonds is 7. The summed E-state index contributed by atoms with van der Waals surface area (Å²) in [5.41, 5.74) is -0.423. The topological polar surface area (TPSA) is 83.9 Å². The number of morpholine rings is 1. The molecule has 9 rings (SSSR count). The van der Waals surface area contributed by atoms with E-state index < -0.39 is 17.8 Å². The second-order valence-electron chi connectivity index (χ2n) is 21.6. The summed E-state index contributed by atoms with van der Waals surface area (Å²) in [6, 6.07) is 2.14. The van der Waals surface area contributed by atoms with Gasteiger partial charge in [0.2, 0.25) is 0 Å². The summed E-state index contributed by atoms with van der Waals surface area (Å²) in [6.45, 7) is 21.4. The molecule has 296 valence electrons. The highest BCUT2D eigenvalue weighted by Gasteiger charge is 2.84. The van der Waals surface area contributed by atoms with Crippen LogP contribution in [0.25, 0.3) is 0 Å². The number of ether oxygens (including phenoxy) is 4. The smallest absolute Gasteiger partial charge is 0.170 e. The van der Waals surface area contributed by atoms with E-state index in [2.05, 4.69) is 51.5 Å². The number of hydrogen-bond donors (Lipinski definition) is 2. The van der Waals surface area contributed by atoms with E-state index in [0.717, 1.165) is 38.6 Å². The van der Waals surface area contributed by atoms with Crippen molar-refractivity contribution in [2.75, 3.05) is 33.4 Å². The molecule has 2 spiro atoms. The zero-order valence-electron chi connectivity index (χ0n) is 34.2. The van der Waals surface area contributed by atoms with Crippen molar-refractivity contribution in [2.24, 2.45) is 50.7 Å². The SMILES string of the molecule is CCO[C@@H]([C@H]1C[C@@H](C)[C@H]2[C@H](O1)[C@H](O)[C@@]1(C)[C@@H]3CC[C@H]4C(C)(C)[C@@H](O[C@H]5CN(C6CCC7CCC6N7C)CCO5)CC[C@@]45C[C@@]35CC[C@]21C)C(C)(C)O. The molecule has 9 aliphatic rings. The number of hydrogen-bond acceptors (Lipinski definition) is 8. The molecule has 2 bridgehead atoms. The highest BCUT2D eigenvalue weighted by Crippen LogP contribution is 2.89. The van der Waals surface area contributed by atoms with Crippen LogP contribution in [-0.4, -0.2) is 114 Å². The molecule has 5 saturated carbocycles. The Labute approximate surface area is 315 Å². The minimum atomic E-state index is -1.01. The third-order valence-corrected chi connectivity index (χ3v) is 19.1. The van der Waals surface area contributed by atoms with Crippen molar-refractivity contribution < 1.29 is 29.2 Å². The normalized spacial score (nSPS) is 54.8. The highest BCUT2D eigenvalue weighted by molar-refractivity contribution is 5.33. The van der Waals surface area contributed by atoms with Gasteiger partial charge in [0.15, 0.2) is 6.29 Å². The van der Waals surface area contributed by atoms with Crippen molar-refractivity contribution in [1.29, 1.82) is 0 Å². The van der Waals surface area contributed by atoms with E-state index in [1.54, 1.807) is 0 Å². The minimum Gasteiger partial charge on any atom is -0.390 e. The number of aliphatic hydroxyl groups excluding tert-OH is 1. The molecule has 8 heteroatoms. The maximum Gasteiger partial charge on any atom is 0.170 e. The Morgan fingerprint density at radius 2 is 1.63 bits per heavy atom. The number of likely N-dealkylation sites (N-methyl/N-ethyl adjacent to an activating group) is 1. The molecule has 0 aromatic heterocycles. The van der Waals surface area contributed by atoms with Gasteiger partial charge in [0, 0.05) is 43.2 Å². The second-order valence-corrected chi connectivity index (χ2v) is 21.6. The van der Waals surface area contributed by atoms with Gasteiger partial charge in [-0.3, -0.25) is 9.80 Å². The summed E-state index contributed by atoms with van der Waals surface area (Å²) in [6.07, 6.45) is 13.6. The average Bonchev–Trinajstić information content (AvgIpc) is 3.66. The maximum atomic E-state index is 12.7. The van der Waals surface area contributed by atoms with E-state index in [9.17, 15) is 10.2 Å². The highest BCUT2D eigenvalue weighted by atomic mass is 16.7. The van der Waals surface area contributed by atoms with Gasteiger partial charge in [0.25, 0.3) is 0 Å². The van der Waals surface area contributed by atoms with Crippen LogP contribution in [0.2, 0.25) is 0 Å². The molecule has 2 N–H and O–H groups in total. The molecular formula is C44H74N2O6. The van der Waals surface area contributed by atoms with Crippen molar-refractivity contribution in [2.45, 2.75) is 193 Å². The molecule has 8 nitrogen and oxygen atoms in total. The molecule has 0 aromatic rings. The molecule has 0 aromatic carbocycles. The second kappa shape index (κ2) is 12.3. The molecule has 0 amide bonds. The fourth-order valence-electron chi connectivity index (χ4n) is 16.7. The quantitative estimate of drug-likeness (QED) is 0.302. The largest absolute Gasteiger partial charge is 0.390 e. The zero-order valence-corrected chi connectivity index (χ0v) is 34.2. The molecule has 52 heavy (non-hydrogen) atoms. The molecule has 3 unspecified atom stereocenters. The van der Waals surface area contributed by atoms with Crippen LogP contribution in [0.4, 0.5) is 0 Å². The number of piperidine rings is 1. The van der Waals surface area contributed by atoms with Crippen LogP contribution in [0.3, 0.4) is 0 Å². The van der Waals surface area contributed by atoms with Crippen LogP contribution in [0, 0.1) is 50.7 Å². The lowest BCUT2D eigenvalue weighted by molar-refractivity contribution is -0.252. The lowest BCUT2D eigenvalue weighted by Gasteiger charge is -2.64. The monoisotopic (exact) mass is 727 g/mol. The molecule has 17 atom stereocenters. The van der Waals surface area contributed by atoms with Gasteiger partial charge in [0.05, 0.1) is 36.6 Å². The van der Waals surface area contributed by atoms with Gasteiger partial charge < -0.3 is 29.2 Å². The number of nitrogens with zero attached hydrogens (tertiary/aromatic N) is 2. The van der Waals surface area contributed by atoms with E-state index in [-0.39, 0.29) is 40.8 Å². The van der Waals surface area contributed by atoms with Crippen molar-refractivity contribution in [1.82, 2.24) is 9.80 Å². The van der Waals surface area contributed by atoms with Crippen molar-refractivity contribution in [3.05, 3.63) is 0 Å². The number of fused-ring (bicyclic) bond motifs is 6. The van der Waals surface area contributed by atoms with Gasteiger partial charge in [-0.2, -0.15) is 0 Å². The van der Waals surface area contributed by atoms with Gasteiger partial charge in [-0.15, -0.1) is 0 Å². The summed E-state index contributed by atoms with van der Waals surface area (Å²) in [5.74, 6) is 1.86. The third kappa shape index (κ3) is 4.92. The van der Waals surface area contributed by atoms with E-state index in [1.807, 2.05) is 20.8 Å². The molecule has 4 saturated heterocycles. The molecule has 0 radical (unpaired) electrons.